The van der Waals surface area contributed by atoms with Gasteiger partial charge in [-0.1, -0.05) is 24.3 Å². The van der Waals surface area contributed by atoms with Gasteiger partial charge in [-0.2, -0.15) is 5.10 Å². The van der Waals surface area contributed by atoms with Gasteiger partial charge in [-0.3, -0.25) is 4.79 Å². The van der Waals surface area contributed by atoms with Crippen LogP contribution in [0.4, 0.5) is 4.39 Å². The molecular weight excluding hydrogens is 358 g/mol. The van der Waals surface area contributed by atoms with Crippen molar-refractivity contribution in [3.63, 3.8) is 0 Å². The maximum Gasteiger partial charge on any atom is 0.272 e. The number of halogens is 2. The molecule has 0 aliphatic heterocycles. The first-order valence-electron chi connectivity index (χ1n) is 5.50. The molecule has 0 fully saturated rings. The van der Waals surface area contributed by atoms with Crippen LogP contribution >= 0.6 is 22.6 Å². The standard InChI is InChI=1S/C14H10FIN2O/c15-11-5-3-4-10(8-11)9-17-18-14(19)12-6-1-2-7-13(12)16/h1-9H,(H,18,19)/b17-9-. The molecule has 1 N–H and O–H groups in total. The minimum atomic E-state index is -0.340. The Kier molecular flexibility index (Phi) is 4.62. The van der Waals surface area contributed by atoms with E-state index in [-0.39, 0.29) is 11.7 Å². The average Bonchev–Trinajstić information content (AvgIpc) is 2.39. The average molecular weight is 368 g/mol. The third-order valence-electron chi connectivity index (χ3n) is 2.35. The topological polar surface area (TPSA) is 41.5 Å². The second-order valence-electron chi connectivity index (χ2n) is 3.73. The Morgan fingerprint density at radius 1 is 1.21 bits per heavy atom. The van der Waals surface area contributed by atoms with Crippen molar-refractivity contribution in [3.8, 4) is 0 Å². The van der Waals surface area contributed by atoms with E-state index in [1.807, 2.05) is 12.1 Å². The number of nitrogens with one attached hydrogen (secondary N) is 1. The van der Waals surface area contributed by atoms with Gasteiger partial charge in [-0.25, -0.2) is 9.82 Å². The molecule has 0 heterocycles. The Bertz CT molecular complexity index is 628. The Morgan fingerprint density at radius 2 is 2.00 bits per heavy atom. The first-order valence-corrected chi connectivity index (χ1v) is 6.58. The fraction of sp³-hybridized carbons (Fsp3) is 0. The van der Waals surface area contributed by atoms with E-state index >= 15 is 0 Å². The number of hydrogen-bond donors (Lipinski definition) is 1. The van der Waals surface area contributed by atoms with E-state index in [0.29, 0.717) is 11.1 Å². The summed E-state index contributed by atoms with van der Waals surface area (Å²) in [5, 5.41) is 3.81. The largest absolute Gasteiger partial charge is 0.272 e. The third-order valence-corrected chi connectivity index (χ3v) is 3.29. The summed E-state index contributed by atoms with van der Waals surface area (Å²) in [5.74, 6) is -0.634. The number of carbonyl (C=O) groups excluding carboxylic acids is 1. The molecular formula is C14H10FIN2O. The highest BCUT2D eigenvalue weighted by atomic mass is 127. The molecule has 0 spiro atoms. The summed E-state index contributed by atoms with van der Waals surface area (Å²) in [5.41, 5.74) is 3.55. The molecule has 2 rings (SSSR count). The summed E-state index contributed by atoms with van der Waals surface area (Å²) in [7, 11) is 0. The van der Waals surface area contributed by atoms with Crippen LogP contribution in [0.25, 0.3) is 0 Å². The van der Waals surface area contributed by atoms with Crippen LogP contribution in [0.3, 0.4) is 0 Å². The number of carbonyl (C=O) groups is 1. The molecule has 0 aliphatic carbocycles. The van der Waals surface area contributed by atoms with Crippen LogP contribution in [0.2, 0.25) is 0 Å². The second-order valence-corrected chi connectivity index (χ2v) is 4.90. The zero-order chi connectivity index (χ0) is 13.7. The predicted octanol–water partition coefficient (Wildman–Crippen LogP) is 3.19. The maximum absolute atomic E-state index is 12.9. The smallest absolute Gasteiger partial charge is 0.267 e. The summed E-state index contributed by atoms with van der Waals surface area (Å²) in [6, 6.07) is 13.2. The summed E-state index contributed by atoms with van der Waals surface area (Å²) >= 11 is 2.08. The van der Waals surface area contributed by atoms with Crippen molar-refractivity contribution in [1.82, 2.24) is 5.43 Å². The van der Waals surface area contributed by atoms with Gasteiger partial charge in [-0.05, 0) is 52.4 Å². The van der Waals surface area contributed by atoms with Gasteiger partial charge in [0.15, 0.2) is 0 Å². The van der Waals surface area contributed by atoms with Gasteiger partial charge in [0.2, 0.25) is 0 Å². The number of nitrogens with zero attached hydrogens (tertiary/aromatic N) is 1. The molecule has 0 aromatic heterocycles. The van der Waals surface area contributed by atoms with E-state index < -0.39 is 0 Å². The Hall–Kier alpha value is -1.76. The van der Waals surface area contributed by atoms with Crippen LogP contribution in [0, 0.1) is 9.39 Å². The van der Waals surface area contributed by atoms with E-state index in [1.54, 1.807) is 24.3 Å². The molecule has 0 atom stereocenters. The number of rotatable bonds is 3. The van der Waals surface area contributed by atoms with Crippen molar-refractivity contribution in [2.75, 3.05) is 0 Å². The molecule has 0 radical (unpaired) electrons. The normalized spacial score (nSPS) is 10.6. The first kappa shape index (κ1) is 13.7. The van der Waals surface area contributed by atoms with Crippen LogP contribution in [0.1, 0.15) is 15.9 Å². The summed E-state index contributed by atoms with van der Waals surface area (Å²) in [6.45, 7) is 0. The quantitative estimate of drug-likeness (QED) is 0.505. The first-order chi connectivity index (χ1) is 9.16. The molecule has 3 nitrogen and oxygen atoms in total. The van der Waals surface area contributed by atoms with Crippen molar-refractivity contribution < 1.29 is 9.18 Å². The van der Waals surface area contributed by atoms with Crippen LogP contribution in [0.15, 0.2) is 53.6 Å². The Morgan fingerprint density at radius 3 is 2.74 bits per heavy atom. The third kappa shape index (κ3) is 3.85. The van der Waals surface area contributed by atoms with Gasteiger partial charge in [0.1, 0.15) is 5.82 Å². The van der Waals surface area contributed by atoms with Gasteiger partial charge in [0, 0.05) is 3.57 Å². The predicted molar refractivity (Wildman–Crippen MR) is 80.6 cm³/mol. The Balaban J connectivity index is 2.03. The van der Waals surface area contributed by atoms with Gasteiger partial charge in [0.25, 0.3) is 5.91 Å². The van der Waals surface area contributed by atoms with E-state index in [0.717, 1.165) is 3.57 Å². The number of hydrogen-bond acceptors (Lipinski definition) is 2. The summed E-state index contributed by atoms with van der Waals surface area (Å²) in [4.78, 5) is 11.8. The maximum atomic E-state index is 12.9. The number of hydrazone groups is 1. The lowest BCUT2D eigenvalue weighted by atomic mass is 10.2. The molecule has 5 heteroatoms. The van der Waals surface area contributed by atoms with Crippen LogP contribution < -0.4 is 5.43 Å². The fourth-order valence-electron chi connectivity index (χ4n) is 1.46. The zero-order valence-electron chi connectivity index (χ0n) is 9.81. The monoisotopic (exact) mass is 368 g/mol. The highest BCUT2D eigenvalue weighted by Crippen LogP contribution is 2.10. The van der Waals surface area contributed by atoms with Gasteiger partial charge >= 0.3 is 0 Å². The second kappa shape index (κ2) is 6.42. The van der Waals surface area contributed by atoms with Gasteiger partial charge < -0.3 is 0 Å². The Labute approximate surface area is 123 Å². The lowest BCUT2D eigenvalue weighted by molar-refractivity contribution is 0.0954. The van der Waals surface area contributed by atoms with E-state index in [2.05, 4.69) is 33.1 Å². The van der Waals surface area contributed by atoms with Gasteiger partial charge in [-0.15, -0.1) is 0 Å². The fourth-order valence-corrected chi connectivity index (χ4v) is 2.09. The molecule has 0 bridgehead atoms. The van der Waals surface area contributed by atoms with E-state index in [4.69, 9.17) is 0 Å². The molecule has 19 heavy (non-hydrogen) atoms. The van der Waals surface area contributed by atoms with E-state index in [1.165, 1.54) is 18.3 Å². The molecule has 0 unspecified atom stereocenters. The molecule has 2 aromatic rings. The molecule has 96 valence electrons. The van der Waals surface area contributed by atoms with Crippen LogP contribution in [-0.2, 0) is 0 Å². The van der Waals surface area contributed by atoms with Crippen LogP contribution in [0.5, 0.6) is 0 Å². The lowest BCUT2D eigenvalue weighted by Crippen LogP contribution is -2.18. The van der Waals surface area contributed by atoms with Gasteiger partial charge in [0.05, 0.1) is 11.8 Å². The summed E-state index contributed by atoms with van der Waals surface area (Å²) in [6.07, 6.45) is 1.40. The molecule has 0 aliphatic rings. The number of amides is 1. The SMILES string of the molecule is O=C(N/N=C\c1cccc(F)c1)c1ccccc1I. The molecule has 1 amide bonds. The van der Waals surface area contributed by atoms with Crippen molar-refractivity contribution in [3.05, 3.63) is 69.0 Å². The lowest BCUT2D eigenvalue weighted by Gasteiger charge is -2.01. The van der Waals surface area contributed by atoms with Crippen molar-refractivity contribution in [1.29, 1.82) is 0 Å². The summed E-state index contributed by atoms with van der Waals surface area (Å²) < 4.78 is 13.8. The van der Waals surface area contributed by atoms with Crippen LogP contribution in [-0.4, -0.2) is 12.1 Å². The molecule has 2 aromatic carbocycles. The van der Waals surface area contributed by atoms with Crippen molar-refractivity contribution >= 4 is 34.7 Å². The van der Waals surface area contributed by atoms with E-state index in [9.17, 15) is 9.18 Å². The minimum absolute atomic E-state index is 0.294. The highest BCUT2D eigenvalue weighted by molar-refractivity contribution is 14.1. The molecule has 0 saturated heterocycles. The van der Waals surface area contributed by atoms with Crippen molar-refractivity contribution in [2.24, 2.45) is 5.10 Å². The number of benzene rings is 2. The molecule has 0 saturated carbocycles. The van der Waals surface area contributed by atoms with Crippen molar-refractivity contribution in [2.45, 2.75) is 0 Å². The minimum Gasteiger partial charge on any atom is -0.267 e. The zero-order valence-corrected chi connectivity index (χ0v) is 12.0. The highest BCUT2D eigenvalue weighted by Gasteiger charge is 2.07.